The molecule has 26 heavy (non-hydrogen) atoms. The van der Waals surface area contributed by atoms with Gasteiger partial charge in [-0.2, -0.15) is 0 Å². The summed E-state index contributed by atoms with van der Waals surface area (Å²) in [7, 11) is 1.57. The van der Waals surface area contributed by atoms with Gasteiger partial charge in [-0.1, -0.05) is 12.1 Å². The lowest BCUT2D eigenvalue weighted by atomic mass is 10.3. The van der Waals surface area contributed by atoms with Gasteiger partial charge in [0.1, 0.15) is 17.2 Å². The van der Waals surface area contributed by atoms with Crippen molar-refractivity contribution in [3.05, 3.63) is 73.1 Å². The molecule has 1 amide bonds. The molecule has 1 aromatic heterocycles. The van der Waals surface area contributed by atoms with Gasteiger partial charge < -0.3 is 20.1 Å². The molecule has 3 aromatic rings. The van der Waals surface area contributed by atoms with Crippen LogP contribution in [0.4, 0.5) is 11.4 Å². The lowest BCUT2D eigenvalue weighted by Gasteiger charge is -2.11. The Bertz CT molecular complexity index is 852. The highest BCUT2D eigenvalue weighted by molar-refractivity contribution is 5.95. The Morgan fingerprint density at radius 1 is 0.962 bits per heavy atom. The first-order valence-electron chi connectivity index (χ1n) is 8.09. The van der Waals surface area contributed by atoms with E-state index in [-0.39, 0.29) is 12.5 Å². The molecule has 0 saturated heterocycles. The molecule has 2 aromatic carbocycles. The fourth-order valence-electron chi connectivity index (χ4n) is 2.31. The van der Waals surface area contributed by atoms with Crippen molar-refractivity contribution in [3.63, 3.8) is 0 Å². The average molecular weight is 349 g/mol. The second-order valence-corrected chi connectivity index (χ2v) is 5.41. The second-order valence-electron chi connectivity index (χ2n) is 5.41. The molecule has 0 spiro atoms. The molecule has 0 unspecified atom stereocenters. The third kappa shape index (κ3) is 4.73. The van der Waals surface area contributed by atoms with Crippen molar-refractivity contribution in [2.75, 3.05) is 24.3 Å². The fourth-order valence-corrected chi connectivity index (χ4v) is 2.31. The van der Waals surface area contributed by atoms with Gasteiger partial charge in [-0.05, 0) is 48.5 Å². The van der Waals surface area contributed by atoms with Crippen LogP contribution in [0.3, 0.4) is 0 Å². The van der Waals surface area contributed by atoms with Gasteiger partial charge in [-0.3, -0.25) is 9.78 Å². The molecule has 6 nitrogen and oxygen atoms in total. The number of carbonyl (C=O) groups is 1. The molecule has 132 valence electrons. The molecule has 0 aliphatic heterocycles. The Morgan fingerprint density at radius 2 is 1.65 bits per heavy atom. The number of para-hydroxylation sites is 2. The highest BCUT2D eigenvalue weighted by atomic mass is 16.5. The zero-order chi connectivity index (χ0) is 18.2. The maximum Gasteiger partial charge on any atom is 0.243 e. The van der Waals surface area contributed by atoms with Gasteiger partial charge in [0.25, 0.3) is 0 Å². The van der Waals surface area contributed by atoms with Crippen LogP contribution in [0, 0.1) is 0 Å². The van der Waals surface area contributed by atoms with E-state index in [0.29, 0.717) is 17.2 Å². The summed E-state index contributed by atoms with van der Waals surface area (Å²) in [5, 5.41) is 5.89. The number of carbonyl (C=O) groups excluding carboxylic acids is 1. The molecular weight excluding hydrogens is 330 g/mol. The van der Waals surface area contributed by atoms with Crippen molar-refractivity contribution in [1.29, 1.82) is 0 Å². The lowest BCUT2D eigenvalue weighted by Crippen LogP contribution is -2.22. The second kappa shape index (κ2) is 8.53. The Balaban J connectivity index is 1.52. The summed E-state index contributed by atoms with van der Waals surface area (Å²) in [5.41, 5.74) is 1.46. The molecular formula is C20H19N3O3. The van der Waals surface area contributed by atoms with Crippen molar-refractivity contribution in [2.45, 2.75) is 0 Å². The number of aromatic nitrogens is 1. The summed E-state index contributed by atoms with van der Waals surface area (Å²) in [6, 6.07) is 18.2. The lowest BCUT2D eigenvalue weighted by molar-refractivity contribution is -0.114. The summed E-state index contributed by atoms with van der Waals surface area (Å²) < 4.78 is 10.9. The number of nitrogens with one attached hydrogen (secondary N) is 2. The highest BCUT2D eigenvalue weighted by Crippen LogP contribution is 2.23. The number of anilines is 2. The van der Waals surface area contributed by atoms with Crippen LogP contribution in [0.5, 0.6) is 17.2 Å². The van der Waals surface area contributed by atoms with Crippen LogP contribution < -0.4 is 20.1 Å². The predicted molar refractivity (Wildman–Crippen MR) is 101 cm³/mol. The largest absolute Gasteiger partial charge is 0.495 e. The molecule has 0 saturated carbocycles. The normalized spacial score (nSPS) is 10.0. The minimum Gasteiger partial charge on any atom is -0.495 e. The van der Waals surface area contributed by atoms with Crippen LogP contribution in [-0.2, 0) is 4.79 Å². The molecule has 0 aliphatic rings. The van der Waals surface area contributed by atoms with Gasteiger partial charge in [0, 0.05) is 18.1 Å². The van der Waals surface area contributed by atoms with Crippen LogP contribution in [0.15, 0.2) is 73.1 Å². The predicted octanol–water partition coefficient (Wildman–Crippen LogP) is 3.93. The van der Waals surface area contributed by atoms with Crippen molar-refractivity contribution in [2.24, 2.45) is 0 Å². The van der Waals surface area contributed by atoms with Crippen molar-refractivity contribution >= 4 is 17.3 Å². The first-order chi connectivity index (χ1) is 12.7. The summed E-state index contributed by atoms with van der Waals surface area (Å²) in [5.74, 6) is 1.89. The van der Waals surface area contributed by atoms with Crippen LogP contribution >= 0.6 is 0 Å². The third-order valence-electron chi connectivity index (χ3n) is 3.57. The number of hydrogen-bond donors (Lipinski definition) is 2. The van der Waals surface area contributed by atoms with E-state index >= 15 is 0 Å². The fraction of sp³-hybridized carbons (Fsp3) is 0.100. The van der Waals surface area contributed by atoms with E-state index in [9.17, 15) is 4.79 Å². The molecule has 0 bridgehead atoms. The van der Waals surface area contributed by atoms with Gasteiger partial charge in [-0.25, -0.2) is 0 Å². The van der Waals surface area contributed by atoms with E-state index in [4.69, 9.17) is 9.47 Å². The molecule has 0 aliphatic carbocycles. The highest BCUT2D eigenvalue weighted by Gasteiger charge is 2.06. The Labute approximate surface area is 151 Å². The first kappa shape index (κ1) is 17.3. The molecule has 6 heteroatoms. The van der Waals surface area contributed by atoms with Crippen molar-refractivity contribution in [1.82, 2.24) is 4.98 Å². The number of hydrogen-bond acceptors (Lipinski definition) is 5. The zero-order valence-electron chi connectivity index (χ0n) is 14.3. The summed E-state index contributed by atoms with van der Waals surface area (Å²) in [6.07, 6.45) is 3.34. The smallest absolute Gasteiger partial charge is 0.243 e. The van der Waals surface area contributed by atoms with E-state index in [1.54, 1.807) is 43.8 Å². The molecule has 3 rings (SSSR count). The van der Waals surface area contributed by atoms with E-state index in [1.165, 1.54) is 0 Å². The quantitative estimate of drug-likeness (QED) is 0.676. The van der Waals surface area contributed by atoms with Crippen LogP contribution in [0.1, 0.15) is 0 Å². The number of benzene rings is 2. The van der Waals surface area contributed by atoms with Gasteiger partial charge in [0.15, 0.2) is 0 Å². The van der Waals surface area contributed by atoms with Crippen molar-refractivity contribution in [3.8, 4) is 17.2 Å². The van der Waals surface area contributed by atoms with E-state index in [2.05, 4.69) is 15.6 Å². The minimum absolute atomic E-state index is 0.141. The Morgan fingerprint density at radius 3 is 2.38 bits per heavy atom. The Hall–Kier alpha value is -3.54. The maximum atomic E-state index is 12.1. The zero-order valence-corrected chi connectivity index (χ0v) is 14.3. The maximum absolute atomic E-state index is 12.1. The van der Waals surface area contributed by atoms with Crippen LogP contribution in [0.25, 0.3) is 0 Å². The number of methoxy groups -OCH3 is 1. The first-order valence-corrected chi connectivity index (χ1v) is 8.09. The van der Waals surface area contributed by atoms with E-state index in [1.807, 2.05) is 36.4 Å². The molecule has 2 N–H and O–H groups in total. The molecule has 0 radical (unpaired) electrons. The molecule has 0 atom stereocenters. The van der Waals surface area contributed by atoms with Gasteiger partial charge >= 0.3 is 0 Å². The third-order valence-corrected chi connectivity index (χ3v) is 3.57. The topological polar surface area (TPSA) is 72.5 Å². The van der Waals surface area contributed by atoms with Gasteiger partial charge in [0.2, 0.25) is 5.91 Å². The number of rotatable bonds is 7. The standard InChI is InChI=1S/C20H19N3O3/c1-25-19-5-3-2-4-18(19)23-20(24)14-22-15-6-8-16(9-7-15)26-17-10-12-21-13-11-17/h2-13,22H,14H2,1H3,(H,23,24). The van der Waals surface area contributed by atoms with Gasteiger partial charge in [-0.15, -0.1) is 0 Å². The van der Waals surface area contributed by atoms with Gasteiger partial charge in [0.05, 0.1) is 19.3 Å². The number of pyridine rings is 1. The van der Waals surface area contributed by atoms with Crippen LogP contribution in [-0.4, -0.2) is 24.5 Å². The number of nitrogens with zero attached hydrogens (tertiary/aromatic N) is 1. The molecule has 0 fully saturated rings. The van der Waals surface area contributed by atoms with Crippen LogP contribution in [0.2, 0.25) is 0 Å². The Kier molecular flexibility index (Phi) is 5.67. The summed E-state index contributed by atoms with van der Waals surface area (Å²) in [6.45, 7) is 0.141. The summed E-state index contributed by atoms with van der Waals surface area (Å²) >= 11 is 0. The average Bonchev–Trinajstić information content (AvgIpc) is 2.69. The van der Waals surface area contributed by atoms with Crippen molar-refractivity contribution < 1.29 is 14.3 Å². The molecule has 1 heterocycles. The summed E-state index contributed by atoms with van der Waals surface area (Å²) in [4.78, 5) is 16.0. The SMILES string of the molecule is COc1ccccc1NC(=O)CNc1ccc(Oc2ccncc2)cc1. The van der Waals surface area contributed by atoms with E-state index < -0.39 is 0 Å². The minimum atomic E-state index is -0.161. The van der Waals surface area contributed by atoms with E-state index in [0.717, 1.165) is 11.4 Å². The monoisotopic (exact) mass is 349 g/mol. The number of ether oxygens (including phenoxy) is 2. The number of amides is 1.